The minimum atomic E-state index is -0.0535. The zero-order valence-electron chi connectivity index (χ0n) is 8.08. The topological polar surface area (TPSA) is 89.3 Å². The van der Waals surface area contributed by atoms with Crippen LogP contribution in [0, 0.1) is 0 Å². The molecule has 2 rings (SSSR count). The van der Waals surface area contributed by atoms with Gasteiger partial charge in [-0.1, -0.05) is 5.16 Å². The number of aromatic nitrogens is 3. The smallest absolute Gasteiger partial charge is 0.190 e. The number of hydrogen-bond donors (Lipinski definition) is 2. The van der Waals surface area contributed by atoms with Crippen molar-refractivity contribution in [1.29, 1.82) is 0 Å². The van der Waals surface area contributed by atoms with Gasteiger partial charge in [0.1, 0.15) is 5.69 Å². The molecule has 0 radical (unpaired) electrons. The predicted molar refractivity (Wildman–Crippen MR) is 61.6 cm³/mol. The predicted octanol–water partition coefficient (Wildman–Crippen LogP) is 1.12. The van der Waals surface area contributed by atoms with Gasteiger partial charge in [-0.25, -0.2) is 4.68 Å². The van der Waals surface area contributed by atoms with Crippen LogP contribution in [0.4, 0.5) is 0 Å². The monoisotopic (exact) mass is 281 g/mol. The molecular weight excluding hydrogens is 274 g/mol. The van der Waals surface area contributed by atoms with Gasteiger partial charge in [-0.3, -0.25) is 4.98 Å². The molecule has 0 aromatic carbocycles. The number of amidine groups is 1. The highest BCUT2D eigenvalue weighted by Gasteiger charge is 2.10. The molecule has 7 heteroatoms. The number of oxime groups is 1. The molecule has 0 saturated heterocycles. The van der Waals surface area contributed by atoms with Crippen molar-refractivity contribution >= 4 is 21.8 Å². The van der Waals surface area contributed by atoms with Crippen LogP contribution in [0.25, 0.3) is 5.69 Å². The van der Waals surface area contributed by atoms with E-state index in [9.17, 15) is 0 Å². The molecule has 0 aliphatic heterocycles. The molecule has 16 heavy (non-hydrogen) atoms. The Bertz CT molecular complexity index is 536. The minimum absolute atomic E-state index is 0.0535. The van der Waals surface area contributed by atoms with Crippen molar-refractivity contribution in [1.82, 2.24) is 14.8 Å². The van der Waals surface area contributed by atoms with Crippen molar-refractivity contribution in [2.45, 2.75) is 0 Å². The summed E-state index contributed by atoms with van der Waals surface area (Å²) >= 11 is 3.29. The van der Waals surface area contributed by atoms with Crippen LogP contribution in [0.15, 0.2) is 40.4 Å². The molecule has 82 valence electrons. The summed E-state index contributed by atoms with van der Waals surface area (Å²) in [5, 5.41) is 15.7. The Hall–Kier alpha value is -1.89. The van der Waals surface area contributed by atoms with E-state index in [1.54, 1.807) is 35.4 Å². The first kappa shape index (κ1) is 10.6. The lowest BCUT2D eigenvalue weighted by Crippen LogP contribution is -2.18. The highest BCUT2D eigenvalue weighted by Crippen LogP contribution is 2.14. The van der Waals surface area contributed by atoms with E-state index in [-0.39, 0.29) is 5.84 Å². The third kappa shape index (κ3) is 1.89. The molecule has 0 fully saturated rings. The van der Waals surface area contributed by atoms with Crippen molar-refractivity contribution in [2.24, 2.45) is 10.9 Å². The van der Waals surface area contributed by atoms with Crippen LogP contribution in [0.5, 0.6) is 0 Å². The fraction of sp³-hybridized carbons (Fsp3) is 0. The van der Waals surface area contributed by atoms with E-state index < -0.39 is 0 Å². The van der Waals surface area contributed by atoms with E-state index in [0.717, 1.165) is 4.47 Å². The molecule has 0 amide bonds. The van der Waals surface area contributed by atoms with Crippen LogP contribution in [0.1, 0.15) is 5.69 Å². The maximum atomic E-state index is 8.65. The molecule has 0 aliphatic carbocycles. The van der Waals surface area contributed by atoms with Crippen molar-refractivity contribution < 1.29 is 5.21 Å². The second-order valence-corrected chi connectivity index (χ2v) is 3.88. The van der Waals surface area contributed by atoms with E-state index in [1.165, 1.54) is 0 Å². The van der Waals surface area contributed by atoms with Crippen LogP contribution >= 0.6 is 15.9 Å². The zero-order valence-corrected chi connectivity index (χ0v) is 9.66. The highest BCUT2D eigenvalue weighted by atomic mass is 79.9. The van der Waals surface area contributed by atoms with Gasteiger partial charge < -0.3 is 10.9 Å². The molecule has 0 bridgehead atoms. The summed E-state index contributed by atoms with van der Waals surface area (Å²) in [5.41, 5.74) is 6.54. The number of halogens is 1. The lowest BCUT2D eigenvalue weighted by molar-refractivity contribution is 0.318. The first-order valence-electron chi connectivity index (χ1n) is 4.36. The molecule has 6 nitrogen and oxygen atoms in total. The van der Waals surface area contributed by atoms with Crippen LogP contribution in [0.3, 0.4) is 0 Å². The summed E-state index contributed by atoms with van der Waals surface area (Å²) < 4.78 is 2.42. The molecule has 2 heterocycles. The zero-order chi connectivity index (χ0) is 11.5. The van der Waals surface area contributed by atoms with Gasteiger partial charge in [0.25, 0.3) is 0 Å². The number of nitrogens with two attached hydrogens (primary N) is 1. The quantitative estimate of drug-likeness (QED) is 0.374. The van der Waals surface area contributed by atoms with Crippen LogP contribution in [-0.2, 0) is 0 Å². The van der Waals surface area contributed by atoms with Crippen molar-refractivity contribution in [2.75, 3.05) is 0 Å². The van der Waals surface area contributed by atoms with Gasteiger partial charge >= 0.3 is 0 Å². The molecule has 0 unspecified atom stereocenters. The average molecular weight is 282 g/mol. The molecular formula is C9H8BrN5O. The third-order valence-electron chi connectivity index (χ3n) is 1.93. The maximum absolute atomic E-state index is 8.65. The van der Waals surface area contributed by atoms with Gasteiger partial charge in [-0.2, -0.15) is 5.10 Å². The fourth-order valence-electron chi connectivity index (χ4n) is 1.26. The average Bonchev–Trinajstić information content (AvgIpc) is 2.75. The van der Waals surface area contributed by atoms with Gasteiger partial charge in [-0.05, 0) is 28.1 Å². The molecule has 0 saturated carbocycles. The number of rotatable bonds is 2. The molecule has 2 aromatic rings. The van der Waals surface area contributed by atoms with Gasteiger partial charge in [0.05, 0.1) is 16.4 Å². The summed E-state index contributed by atoms with van der Waals surface area (Å²) in [6, 6.07) is 3.53. The van der Waals surface area contributed by atoms with E-state index in [4.69, 9.17) is 10.9 Å². The first-order chi connectivity index (χ1) is 7.72. The molecule has 0 aliphatic rings. The summed E-state index contributed by atoms with van der Waals surface area (Å²) in [4.78, 5) is 4.04. The Labute approximate surface area is 99.5 Å². The van der Waals surface area contributed by atoms with Crippen LogP contribution in [0.2, 0.25) is 0 Å². The second kappa shape index (κ2) is 4.31. The number of hydrogen-bond acceptors (Lipinski definition) is 4. The SMILES string of the molecule is N/C(=N/O)c1ncccc1-n1cc(Br)cn1. The standard InChI is InChI=1S/C9H8BrN5O/c10-6-4-13-15(5-6)7-2-1-3-12-8(7)9(11)14-16/h1-5,16H,(H2,11,14). The van der Waals surface area contributed by atoms with Gasteiger partial charge in [-0.15, -0.1) is 0 Å². The fourth-order valence-corrected chi connectivity index (χ4v) is 1.54. The molecule has 2 aromatic heterocycles. The Kier molecular flexibility index (Phi) is 2.86. The normalized spacial score (nSPS) is 11.7. The third-order valence-corrected chi connectivity index (χ3v) is 2.34. The van der Waals surface area contributed by atoms with Crippen LogP contribution < -0.4 is 5.73 Å². The number of pyridine rings is 1. The Morgan fingerprint density at radius 1 is 1.56 bits per heavy atom. The summed E-state index contributed by atoms with van der Waals surface area (Å²) in [6.45, 7) is 0. The Balaban J connectivity index is 2.57. The van der Waals surface area contributed by atoms with Gasteiger partial charge in [0, 0.05) is 12.4 Å². The van der Waals surface area contributed by atoms with Gasteiger partial charge in [0.2, 0.25) is 0 Å². The van der Waals surface area contributed by atoms with Gasteiger partial charge in [0.15, 0.2) is 5.84 Å². The highest BCUT2D eigenvalue weighted by molar-refractivity contribution is 9.10. The van der Waals surface area contributed by atoms with E-state index in [1.807, 2.05) is 0 Å². The van der Waals surface area contributed by atoms with E-state index in [2.05, 4.69) is 31.2 Å². The lowest BCUT2D eigenvalue weighted by atomic mass is 10.3. The van der Waals surface area contributed by atoms with Crippen molar-refractivity contribution in [3.63, 3.8) is 0 Å². The summed E-state index contributed by atoms with van der Waals surface area (Å²) in [5.74, 6) is -0.0535. The van der Waals surface area contributed by atoms with E-state index >= 15 is 0 Å². The lowest BCUT2D eigenvalue weighted by Gasteiger charge is -2.06. The Morgan fingerprint density at radius 3 is 3.00 bits per heavy atom. The minimum Gasteiger partial charge on any atom is -0.409 e. The van der Waals surface area contributed by atoms with E-state index in [0.29, 0.717) is 11.4 Å². The summed E-state index contributed by atoms with van der Waals surface area (Å²) in [7, 11) is 0. The van der Waals surface area contributed by atoms with Crippen LogP contribution in [-0.4, -0.2) is 25.8 Å². The molecule has 0 atom stereocenters. The van der Waals surface area contributed by atoms with Crippen molar-refractivity contribution in [3.05, 3.63) is 40.9 Å². The maximum Gasteiger partial charge on any atom is 0.190 e. The number of nitrogens with zero attached hydrogens (tertiary/aromatic N) is 4. The second-order valence-electron chi connectivity index (χ2n) is 2.96. The van der Waals surface area contributed by atoms with Crippen molar-refractivity contribution in [3.8, 4) is 5.69 Å². The largest absolute Gasteiger partial charge is 0.409 e. The molecule has 0 spiro atoms. The summed E-state index contributed by atoms with van der Waals surface area (Å²) in [6.07, 6.45) is 4.96. The molecule has 3 N–H and O–H groups in total. The first-order valence-corrected chi connectivity index (χ1v) is 5.15. The Morgan fingerprint density at radius 2 is 2.38 bits per heavy atom.